The molecule has 2 amide bonds. The Morgan fingerprint density at radius 2 is 1.75 bits per heavy atom. The van der Waals surface area contributed by atoms with Gasteiger partial charge in [0, 0.05) is 29.0 Å². The second-order valence-corrected chi connectivity index (χ2v) is 8.20. The van der Waals surface area contributed by atoms with E-state index in [0.29, 0.717) is 16.8 Å². The summed E-state index contributed by atoms with van der Waals surface area (Å²) < 4.78 is 0. The molecule has 150 valence electrons. The predicted molar refractivity (Wildman–Crippen MR) is 118 cm³/mol. The maximum atomic E-state index is 12.3. The van der Waals surface area contributed by atoms with Gasteiger partial charge in [-0.05, 0) is 55.2 Å². The lowest BCUT2D eigenvalue weighted by molar-refractivity contribution is 0.262. The molecule has 0 aliphatic heterocycles. The summed E-state index contributed by atoms with van der Waals surface area (Å²) in [6.45, 7) is 3.00. The van der Waals surface area contributed by atoms with Crippen molar-refractivity contribution in [2.75, 3.05) is 10.6 Å². The molecule has 0 aromatic heterocycles. The van der Waals surface area contributed by atoms with Crippen LogP contribution in [0.2, 0.25) is 5.02 Å². The number of carbonyl (C=O) groups excluding carboxylic acids is 1. The Kier molecular flexibility index (Phi) is 7.75. The van der Waals surface area contributed by atoms with Gasteiger partial charge >= 0.3 is 6.03 Å². The number of nitrogens with one attached hydrogen (secondary N) is 3. The zero-order valence-corrected chi connectivity index (χ0v) is 17.3. The molecule has 28 heavy (non-hydrogen) atoms. The van der Waals surface area contributed by atoms with Crippen LogP contribution in [0.5, 0.6) is 0 Å². The van der Waals surface area contributed by atoms with Crippen molar-refractivity contribution in [2.24, 2.45) is 5.92 Å². The van der Waals surface area contributed by atoms with Crippen molar-refractivity contribution in [2.45, 2.75) is 58.0 Å². The first-order valence-corrected chi connectivity index (χ1v) is 10.6. The predicted octanol–water partition coefficient (Wildman–Crippen LogP) is 6.43. The third-order valence-electron chi connectivity index (χ3n) is 5.42. The molecule has 5 heteroatoms. The van der Waals surface area contributed by atoms with Gasteiger partial charge in [-0.1, -0.05) is 61.9 Å². The molecule has 0 saturated heterocycles. The van der Waals surface area contributed by atoms with E-state index in [2.05, 4.69) is 28.9 Å². The van der Waals surface area contributed by atoms with Crippen LogP contribution in [-0.2, 0) is 6.54 Å². The van der Waals surface area contributed by atoms with E-state index in [0.717, 1.165) is 23.7 Å². The number of halogens is 1. The molecule has 2 aromatic rings. The van der Waals surface area contributed by atoms with E-state index in [1.165, 1.54) is 38.5 Å². The summed E-state index contributed by atoms with van der Waals surface area (Å²) in [5, 5.41) is 10.1. The van der Waals surface area contributed by atoms with E-state index in [9.17, 15) is 4.79 Å². The number of anilines is 2. The molecule has 1 atom stereocenters. The lowest BCUT2D eigenvalue weighted by Crippen LogP contribution is -2.29. The summed E-state index contributed by atoms with van der Waals surface area (Å²) in [5.41, 5.74) is 2.62. The Bertz CT molecular complexity index is 757. The summed E-state index contributed by atoms with van der Waals surface area (Å²) in [7, 11) is 0. The Morgan fingerprint density at radius 3 is 2.50 bits per heavy atom. The number of urea groups is 1. The highest BCUT2D eigenvalue weighted by Gasteiger charge is 2.16. The molecule has 3 rings (SSSR count). The normalized spacial score (nSPS) is 15.8. The maximum absolute atomic E-state index is 12.3. The molecule has 2 aromatic carbocycles. The lowest BCUT2D eigenvalue weighted by Gasteiger charge is -2.25. The van der Waals surface area contributed by atoms with Crippen LogP contribution >= 0.6 is 11.6 Å². The minimum absolute atomic E-state index is 0.259. The lowest BCUT2D eigenvalue weighted by atomic mass is 9.85. The van der Waals surface area contributed by atoms with Gasteiger partial charge in [0.25, 0.3) is 0 Å². The van der Waals surface area contributed by atoms with Gasteiger partial charge in [0.15, 0.2) is 0 Å². The minimum Gasteiger partial charge on any atom is -0.310 e. The Hall–Kier alpha value is -2.04. The zero-order chi connectivity index (χ0) is 19.8. The molecule has 1 aliphatic rings. The van der Waals surface area contributed by atoms with Crippen LogP contribution in [0.25, 0.3) is 0 Å². The van der Waals surface area contributed by atoms with Crippen LogP contribution in [0.4, 0.5) is 16.2 Å². The van der Waals surface area contributed by atoms with E-state index in [1.807, 2.05) is 18.2 Å². The molecule has 1 aliphatic carbocycles. The van der Waals surface area contributed by atoms with Crippen molar-refractivity contribution in [1.29, 1.82) is 0 Å². The van der Waals surface area contributed by atoms with Crippen molar-refractivity contribution in [3.05, 3.63) is 59.1 Å². The van der Waals surface area contributed by atoms with Crippen molar-refractivity contribution in [3.8, 4) is 0 Å². The summed E-state index contributed by atoms with van der Waals surface area (Å²) >= 11 is 5.89. The monoisotopic (exact) mass is 399 g/mol. The summed E-state index contributed by atoms with van der Waals surface area (Å²) in [4.78, 5) is 12.3. The summed E-state index contributed by atoms with van der Waals surface area (Å²) in [5.74, 6) is 0.856. The molecule has 4 nitrogen and oxygen atoms in total. The Balaban J connectivity index is 1.51. The highest BCUT2D eigenvalue weighted by Crippen LogP contribution is 2.27. The average Bonchev–Trinajstić information content (AvgIpc) is 2.70. The fourth-order valence-corrected chi connectivity index (χ4v) is 4.03. The molecule has 0 bridgehead atoms. The topological polar surface area (TPSA) is 53.2 Å². The largest absolute Gasteiger partial charge is 0.323 e. The second-order valence-electron chi connectivity index (χ2n) is 7.76. The number of amides is 2. The highest BCUT2D eigenvalue weighted by atomic mass is 35.5. The molecule has 0 heterocycles. The number of para-hydroxylation sites is 1. The van der Waals surface area contributed by atoms with Crippen LogP contribution in [0.1, 0.15) is 51.0 Å². The van der Waals surface area contributed by atoms with E-state index in [4.69, 9.17) is 11.6 Å². The van der Waals surface area contributed by atoms with Gasteiger partial charge < -0.3 is 16.0 Å². The molecular formula is C23H30ClN3O. The molecule has 1 saturated carbocycles. The summed E-state index contributed by atoms with van der Waals surface area (Å²) in [6.07, 6.45) is 8.13. The first-order chi connectivity index (χ1) is 13.6. The molecular weight excluding hydrogens is 370 g/mol. The number of hydrogen-bond donors (Lipinski definition) is 3. The number of rotatable bonds is 7. The first kappa shape index (κ1) is 20.7. The number of benzene rings is 2. The van der Waals surface area contributed by atoms with Gasteiger partial charge in [-0.3, -0.25) is 0 Å². The Morgan fingerprint density at radius 1 is 1.04 bits per heavy atom. The molecule has 1 fully saturated rings. The fourth-order valence-electron chi connectivity index (χ4n) is 3.90. The zero-order valence-electron chi connectivity index (χ0n) is 16.5. The van der Waals surface area contributed by atoms with E-state index >= 15 is 0 Å². The van der Waals surface area contributed by atoms with Gasteiger partial charge in [-0.2, -0.15) is 0 Å². The van der Waals surface area contributed by atoms with Gasteiger partial charge in [-0.15, -0.1) is 0 Å². The van der Waals surface area contributed by atoms with E-state index in [-0.39, 0.29) is 6.03 Å². The third-order valence-corrected chi connectivity index (χ3v) is 5.67. The standard InChI is InChI=1S/C23H30ClN3O/c1-17(15-18-7-3-2-4-8-18)25-16-19-9-5-6-10-22(19)27-23(28)26-21-13-11-20(24)12-14-21/h5-6,9-14,17-18,25H,2-4,7-8,15-16H2,1H3,(H2,26,27,28). The molecule has 1 unspecified atom stereocenters. The number of carbonyl (C=O) groups is 1. The quantitative estimate of drug-likeness (QED) is 0.502. The highest BCUT2D eigenvalue weighted by molar-refractivity contribution is 6.30. The smallest absolute Gasteiger partial charge is 0.310 e. The van der Waals surface area contributed by atoms with Crippen LogP contribution < -0.4 is 16.0 Å². The fraction of sp³-hybridized carbons (Fsp3) is 0.435. The van der Waals surface area contributed by atoms with Crippen LogP contribution in [-0.4, -0.2) is 12.1 Å². The van der Waals surface area contributed by atoms with Crippen molar-refractivity contribution < 1.29 is 4.79 Å². The average molecular weight is 400 g/mol. The summed E-state index contributed by atoms with van der Waals surface area (Å²) in [6, 6.07) is 15.2. The van der Waals surface area contributed by atoms with Crippen molar-refractivity contribution in [3.63, 3.8) is 0 Å². The van der Waals surface area contributed by atoms with Gasteiger partial charge in [0.1, 0.15) is 0 Å². The maximum Gasteiger partial charge on any atom is 0.323 e. The van der Waals surface area contributed by atoms with Gasteiger partial charge in [0.05, 0.1) is 0 Å². The van der Waals surface area contributed by atoms with Crippen molar-refractivity contribution >= 4 is 29.0 Å². The number of hydrogen-bond acceptors (Lipinski definition) is 2. The van der Waals surface area contributed by atoms with E-state index in [1.54, 1.807) is 24.3 Å². The van der Waals surface area contributed by atoms with Crippen LogP contribution in [0, 0.1) is 5.92 Å². The van der Waals surface area contributed by atoms with Gasteiger partial charge in [0.2, 0.25) is 0 Å². The van der Waals surface area contributed by atoms with E-state index < -0.39 is 0 Å². The van der Waals surface area contributed by atoms with Crippen molar-refractivity contribution in [1.82, 2.24) is 5.32 Å². The third kappa shape index (κ3) is 6.54. The van der Waals surface area contributed by atoms with Crippen LogP contribution in [0.15, 0.2) is 48.5 Å². The first-order valence-electron chi connectivity index (χ1n) is 10.2. The molecule has 3 N–H and O–H groups in total. The second kappa shape index (κ2) is 10.5. The van der Waals surface area contributed by atoms with Gasteiger partial charge in [-0.25, -0.2) is 4.79 Å². The SMILES string of the molecule is CC(CC1CCCCC1)NCc1ccccc1NC(=O)Nc1ccc(Cl)cc1. The van der Waals surface area contributed by atoms with Crippen LogP contribution in [0.3, 0.4) is 0 Å². The molecule has 0 radical (unpaired) electrons. The minimum atomic E-state index is -0.259. The molecule has 0 spiro atoms. The Labute approximate surface area is 173 Å².